The predicted molar refractivity (Wildman–Crippen MR) is 112 cm³/mol. The maximum atomic E-state index is 12.9. The summed E-state index contributed by atoms with van der Waals surface area (Å²) < 4.78 is 4.38. The first-order valence-electron chi connectivity index (χ1n) is 9.88. The number of aryl methyl sites for hydroxylation is 1. The fourth-order valence-corrected chi connectivity index (χ4v) is 4.57. The second kappa shape index (κ2) is 7.95. The van der Waals surface area contributed by atoms with E-state index in [4.69, 9.17) is 0 Å². The number of nitrogens with zero attached hydrogens (tertiary/aromatic N) is 4. The van der Waals surface area contributed by atoms with Crippen LogP contribution in [-0.4, -0.2) is 30.9 Å². The Kier molecular flexibility index (Phi) is 5.40. The van der Waals surface area contributed by atoms with Gasteiger partial charge in [-0.2, -0.15) is 0 Å². The SMILES string of the molecule is CCn1c(C)cc(C(=O)CSc2nnc(C3CC3)n2Cc2ccccc2)c1C. The minimum Gasteiger partial charge on any atom is -0.349 e. The van der Waals surface area contributed by atoms with Gasteiger partial charge in [-0.15, -0.1) is 10.2 Å². The molecule has 0 amide bonds. The molecular weight excluding hydrogens is 368 g/mol. The molecule has 5 nitrogen and oxygen atoms in total. The average molecular weight is 395 g/mol. The van der Waals surface area contributed by atoms with Gasteiger partial charge >= 0.3 is 0 Å². The Morgan fingerprint density at radius 3 is 2.54 bits per heavy atom. The summed E-state index contributed by atoms with van der Waals surface area (Å²) in [6.07, 6.45) is 2.36. The summed E-state index contributed by atoms with van der Waals surface area (Å²) in [4.78, 5) is 12.9. The number of Topliss-reactive ketones (excluding diaryl/α,β-unsaturated/α-hetero) is 1. The number of thioether (sulfide) groups is 1. The Morgan fingerprint density at radius 1 is 1.14 bits per heavy atom. The number of rotatable bonds is 8. The van der Waals surface area contributed by atoms with E-state index in [1.165, 1.54) is 30.2 Å². The Morgan fingerprint density at radius 2 is 1.89 bits per heavy atom. The van der Waals surface area contributed by atoms with Crippen LogP contribution in [0.5, 0.6) is 0 Å². The Labute approximate surface area is 170 Å². The lowest BCUT2D eigenvalue weighted by Crippen LogP contribution is -2.09. The van der Waals surface area contributed by atoms with Crippen LogP contribution in [0.15, 0.2) is 41.6 Å². The number of ketones is 1. The first-order valence-corrected chi connectivity index (χ1v) is 10.9. The third kappa shape index (κ3) is 3.78. The lowest BCUT2D eigenvalue weighted by Gasteiger charge is -2.10. The quantitative estimate of drug-likeness (QED) is 0.413. The number of carbonyl (C=O) groups is 1. The zero-order chi connectivity index (χ0) is 19.7. The van der Waals surface area contributed by atoms with Crippen LogP contribution in [0.3, 0.4) is 0 Å². The molecular formula is C22H26N4OS. The molecule has 0 aliphatic heterocycles. The molecule has 1 aliphatic carbocycles. The third-order valence-corrected chi connectivity index (χ3v) is 6.36. The molecule has 28 heavy (non-hydrogen) atoms. The van der Waals surface area contributed by atoms with E-state index < -0.39 is 0 Å². The molecule has 2 aromatic heterocycles. The first-order chi connectivity index (χ1) is 13.6. The van der Waals surface area contributed by atoms with Gasteiger partial charge in [0.1, 0.15) is 5.82 Å². The monoisotopic (exact) mass is 394 g/mol. The van der Waals surface area contributed by atoms with Gasteiger partial charge in [-0.3, -0.25) is 4.79 Å². The van der Waals surface area contributed by atoms with E-state index in [2.05, 4.69) is 57.4 Å². The molecule has 0 N–H and O–H groups in total. The van der Waals surface area contributed by atoms with Crippen molar-refractivity contribution in [1.82, 2.24) is 19.3 Å². The van der Waals surface area contributed by atoms with Crippen molar-refractivity contribution in [3.63, 3.8) is 0 Å². The summed E-state index contributed by atoms with van der Waals surface area (Å²) in [5.41, 5.74) is 4.24. The fourth-order valence-electron chi connectivity index (χ4n) is 3.74. The van der Waals surface area contributed by atoms with Crippen LogP contribution in [-0.2, 0) is 13.1 Å². The lowest BCUT2D eigenvalue weighted by molar-refractivity contribution is 0.102. The molecule has 1 fully saturated rings. The highest BCUT2D eigenvalue weighted by molar-refractivity contribution is 7.99. The summed E-state index contributed by atoms with van der Waals surface area (Å²) in [5, 5.41) is 9.71. The zero-order valence-electron chi connectivity index (χ0n) is 16.7. The zero-order valence-corrected chi connectivity index (χ0v) is 17.5. The van der Waals surface area contributed by atoms with Crippen molar-refractivity contribution >= 4 is 17.5 Å². The van der Waals surface area contributed by atoms with E-state index in [1.807, 2.05) is 19.1 Å². The lowest BCUT2D eigenvalue weighted by atomic mass is 10.2. The van der Waals surface area contributed by atoms with E-state index in [1.54, 1.807) is 0 Å². The molecule has 0 atom stereocenters. The normalized spacial score (nSPS) is 13.8. The average Bonchev–Trinajstić information content (AvgIpc) is 3.40. The van der Waals surface area contributed by atoms with Crippen molar-refractivity contribution in [3.8, 4) is 0 Å². The van der Waals surface area contributed by atoms with Crippen LogP contribution in [0.25, 0.3) is 0 Å². The molecule has 0 radical (unpaired) electrons. The van der Waals surface area contributed by atoms with E-state index in [0.29, 0.717) is 11.7 Å². The Bertz CT molecular complexity index is 986. The van der Waals surface area contributed by atoms with Gasteiger partial charge in [0.25, 0.3) is 0 Å². The number of carbonyl (C=O) groups excluding carboxylic acids is 1. The van der Waals surface area contributed by atoms with Crippen molar-refractivity contribution < 1.29 is 4.79 Å². The standard InChI is InChI=1S/C22H26N4OS/c1-4-25-15(2)12-19(16(25)3)20(27)14-28-22-24-23-21(18-10-11-18)26(22)13-17-8-6-5-7-9-17/h5-9,12,18H,4,10-11,13-14H2,1-3H3. The van der Waals surface area contributed by atoms with Crippen LogP contribution >= 0.6 is 11.8 Å². The highest BCUT2D eigenvalue weighted by atomic mass is 32.2. The highest BCUT2D eigenvalue weighted by Gasteiger charge is 2.30. The van der Waals surface area contributed by atoms with Crippen LogP contribution in [0.4, 0.5) is 0 Å². The fraction of sp³-hybridized carbons (Fsp3) is 0.409. The van der Waals surface area contributed by atoms with Crippen LogP contribution in [0.2, 0.25) is 0 Å². The number of hydrogen-bond donors (Lipinski definition) is 0. The number of benzene rings is 1. The summed E-state index contributed by atoms with van der Waals surface area (Å²) >= 11 is 1.50. The largest absolute Gasteiger partial charge is 0.349 e. The Hall–Kier alpha value is -2.34. The second-order valence-electron chi connectivity index (χ2n) is 7.43. The van der Waals surface area contributed by atoms with E-state index in [-0.39, 0.29) is 5.78 Å². The third-order valence-electron chi connectivity index (χ3n) is 5.39. The topological polar surface area (TPSA) is 52.7 Å². The van der Waals surface area contributed by atoms with Crippen molar-refractivity contribution in [2.45, 2.75) is 57.8 Å². The van der Waals surface area contributed by atoms with Gasteiger partial charge in [-0.1, -0.05) is 42.1 Å². The molecule has 0 spiro atoms. The van der Waals surface area contributed by atoms with Gasteiger partial charge in [0.15, 0.2) is 10.9 Å². The molecule has 3 aromatic rings. The Balaban J connectivity index is 1.53. The summed E-state index contributed by atoms with van der Waals surface area (Å²) in [5.74, 6) is 2.11. The summed E-state index contributed by atoms with van der Waals surface area (Å²) in [7, 11) is 0. The van der Waals surface area contributed by atoms with Crippen LogP contribution in [0, 0.1) is 13.8 Å². The maximum absolute atomic E-state index is 12.9. The maximum Gasteiger partial charge on any atom is 0.191 e. The van der Waals surface area contributed by atoms with Gasteiger partial charge < -0.3 is 9.13 Å². The first kappa shape index (κ1) is 19.0. The molecule has 6 heteroatoms. The summed E-state index contributed by atoms with van der Waals surface area (Å²) in [6.45, 7) is 7.82. The van der Waals surface area contributed by atoms with Gasteiger partial charge in [-0.25, -0.2) is 0 Å². The second-order valence-corrected chi connectivity index (χ2v) is 8.37. The molecule has 1 aromatic carbocycles. The molecule has 0 saturated heterocycles. The van der Waals surface area contributed by atoms with Gasteiger partial charge in [0.05, 0.1) is 12.3 Å². The molecule has 2 heterocycles. The molecule has 1 aliphatic rings. The van der Waals surface area contributed by atoms with Crippen molar-refractivity contribution in [2.75, 3.05) is 5.75 Å². The minimum absolute atomic E-state index is 0.153. The number of aromatic nitrogens is 4. The van der Waals surface area contributed by atoms with Gasteiger partial charge in [0.2, 0.25) is 0 Å². The van der Waals surface area contributed by atoms with Crippen molar-refractivity contribution in [1.29, 1.82) is 0 Å². The van der Waals surface area contributed by atoms with E-state index in [0.717, 1.165) is 41.0 Å². The van der Waals surface area contributed by atoms with Crippen LogP contribution in [0.1, 0.15) is 58.8 Å². The number of hydrogen-bond acceptors (Lipinski definition) is 4. The molecule has 4 rings (SSSR count). The minimum atomic E-state index is 0.153. The van der Waals surface area contributed by atoms with Crippen LogP contribution < -0.4 is 0 Å². The highest BCUT2D eigenvalue weighted by Crippen LogP contribution is 2.40. The van der Waals surface area contributed by atoms with Crippen molar-refractivity contribution in [2.24, 2.45) is 0 Å². The summed E-state index contributed by atoms with van der Waals surface area (Å²) in [6, 6.07) is 12.4. The molecule has 146 valence electrons. The van der Waals surface area contributed by atoms with Crippen molar-refractivity contribution in [3.05, 3.63) is 64.7 Å². The predicted octanol–water partition coefficient (Wildman–Crippen LogP) is 4.62. The molecule has 1 saturated carbocycles. The van der Waals surface area contributed by atoms with Gasteiger partial charge in [0, 0.05) is 29.4 Å². The van der Waals surface area contributed by atoms with Gasteiger partial charge in [-0.05, 0) is 45.2 Å². The van der Waals surface area contributed by atoms with E-state index >= 15 is 0 Å². The molecule has 0 unspecified atom stereocenters. The van der Waals surface area contributed by atoms with E-state index in [9.17, 15) is 4.79 Å². The smallest absolute Gasteiger partial charge is 0.191 e. The molecule has 0 bridgehead atoms.